The minimum Gasteiger partial charge on any atom is -0.496 e. The number of amides is 1. The number of likely N-dealkylation sites (tertiary alicyclic amines) is 1. The lowest BCUT2D eigenvalue weighted by molar-refractivity contribution is -0.127. The molecule has 0 saturated carbocycles. The number of rotatable bonds is 7. The lowest BCUT2D eigenvalue weighted by Gasteiger charge is -2.38. The summed E-state index contributed by atoms with van der Waals surface area (Å²) in [5.41, 5.74) is 2.94. The van der Waals surface area contributed by atoms with Crippen LogP contribution >= 0.6 is 0 Å². The van der Waals surface area contributed by atoms with Gasteiger partial charge in [-0.1, -0.05) is 20.4 Å². The fraction of sp³-hybridized carbons (Fsp3) is 0.500. The van der Waals surface area contributed by atoms with Crippen LogP contribution in [0, 0.1) is 5.92 Å². The number of hydrogen-bond donors (Lipinski definition) is 1. The van der Waals surface area contributed by atoms with Gasteiger partial charge < -0.3 is 19.7 Å². The molecule has 0 bridgehead atoms. The van der Waals surface area contributed by atoms with Gasteiger partial charge in [0.1, 0.15) is 23.0 Å². The molecule has 1 aromatic carbocycles. The van der Waals surface area contributed by atoms with Gasteiger partial charge >= 0.3 is 0 Å². The zero-order valence-electron chi connectivity index (χ0n) is 20.5. The number of anilines is 1. The van der Waals surface area contributed by atoms with Crippen LogP contribution in [0.1, 0.15) is 61.0 Å². The van der Waals surface area contributed by atoms with Crippen LogP contribution in [0.5, 0.6) is 11.5 Å². The van der Waals surface area contributed by atoms with E-state index in [4.69, 9.17) is 14.6 Å². The van der Waals surface area contributed by atoms with Gasteiger partial charge in [0, 0.05) is 30.8 Å². The van der Waals surface area contributed by atoms with Crippen molar-refractivity contribution in [3.05, 3.63) is 35.9 Å². The standard InChI is InChI=1S/C26H34N4O4/c1-6-23(32)29-11-8-17(9-12-29)20-7-10-27-26-19(15-31)25(28-30(20)26)18-13-21(33-4)24(16(2)3)22(14-18)34-5/h6,13-17,20,27H,1,7-12H2,2-5H3. The molecular weight excluding hydrogens is 432 g/mol. The second kappa shape index (κ2) is 9.91. The van der Waals surface area contributed by atoms with Crippen LogP contribution in [-0.4, -0.2) is 60.7 Å². The average molecular weight is 467 g/mol. The van der Waals surface area contributed by atoms with E-state index in [1.807, 2.05) is 21.7 Å². The number of methoxy groups -OCH3 is 2. The lowest BCUT2D eigenvalue weighted by atomic mass is 9.87. The summed E-state index contributed by atoms with van der Waals surface area (Å²) in [4.78, 5) is 26.1. The molecule has 1 aromatic heterocycles. The van der Waals surface area contributed by atoms with Crippen molar-refractivity contribution < 1.29 is 19.1 Å². The van der Waals surface area contributed by atoms with Gasteiger partial charge in [-0.25, -0.2) is 4.68 Å². The van der Waals surface area contributed by atoms with Crippen molar-refractivity contribution in [3.63, 3.8) is 0 Å². The maximum absolute atomic E-state index is 12.2. The molecule has 1 N–H and O–H groups in total. The van der Waals surface area contributed by atoms with Crippen LogP contribution in [0.2, 0.25) is 0 Å². The summed E-state index contributed by atoms with van der Waals surface area (Å²) < 4.78 is 13.4. The molecule has 2 aliphatic heterocycles. The van der Waals surface area contributed by atoms with E-state index in [0.717, 1.165) is 60.5 Å². The Morgan fingerprint density at radius 3 is 2.35 bits per heavy atom. The highest BCUT2D eigenvalue weighted by molar-refractivity contribution is 5.93. The van der Waals surface area contributed by atoms with Crippen molar-refractivity contribution in [2.45, 2.75) is 45.1 Å². The quantitative estimate of drug-likeness (QED) is 0.484. The zero-order chi connectivity index (χ0) is 24.4. The molecule has 0 radical (unpaired) electrons. The molecule has 3 heterocycles. The van der Waals surface area contributed by atoms with E-state index in [-0.39, 0.29) is 17.9 Å². The van der Waals surface area contributed by atoms with Gasteiger partial charge in [0.15, 0.2) is 6.29 Å². The SMILES string of the molecule is C=CC(=O)N1CCC(C2CCNc3c(C=O)c(-c4cc(OC)c(C(C)C)c(OC)c4)nn32)CC1. The first-order valence-electron chi connectivity index (χ1n) is 11.9. The monoisotopic (exact) mass is 466 g/mol. The van der Waals surface area contributed by atoms with Gasteiger partial charge in [-0.2, -0.15) is 5.10 Å². The molecule has 0 aliphatic carbocycles. The molecule has 182 valence electrons. The summed E-state index contributed by atoms with van der Waals surface area (Å²) in [7, 11) is 3.29. The third kappa shape index (κ3) is 4.17. The van der Waals surface area contributed by atoms with E-state index in [1.165, 1.54) is 6.08 Å². The molecule has 1 saturated heterocycles. The first-order valence-corrected chi connectivity index (χ1v) is 11.9. The summed E-state index contributed by atoms with van der Waals surface area (Å²) >= 11 is 0. The van der Waals surface area contributed by atoms with Crippen molar-refractivity contribution in [2.24, 2.45) is 5.92 Å². The third-order valence-electron chi connectivity index (χ3n) is 7.08. The Kier molecular flexibility index (Phi) is 6.95. The largest absolute Gasteiger partial charge is 0.496 e. The Hall–Kier alpha value is -3.29. The van der Waals surface area contributed by atoms with Crippen LogP contribution < -0.4 is 14.8 Å². The number of benzene rings is 1. The Labute approximate surface area is 200 Å². The Bertz CT molecular complexity index is 1060. The molecule has 0 spiro atoms. The van der Waals surface area contributed by atoms with E-state index < -0.39 is 0 Å². The Balaban J connectivity index is 1.72. The van der Waals surface area contributed by atoms with Crippen LogP contribution in [0.25, 0.3) is 11.3 Å². The molecule has 1 amide bonds. The van der Waals surface area contributed by atoms with E-state index in [1.54, 1.807) is 14.2 Å². The fourth-order valence-electron chi connectivity index (χ4n) is 5.36. The lowest BCUT2D eigenvalue weighted by Crippen LogP contribution is -2.41. The van der Waals surface area contributed by atoms with Gasteiger partial charge in [0.05, 0.1) is 25.8 Å². The highest BCUT2D eigenvalue weighted by atomic mass is 16.5. The van der Waals surface area contributed by atoms with Crippen LogP contribution in [0.4, 0.5) is 5.82 Å². The Morgan fingerprint density at radius 2 is 1.82 bits per heavy atom. The molecule has 1 fully saturated rings. The smallest absolute Gasteiger partial charge is 0.245 e. The summed E-state index contributed by atoms with van der Waals surface area (Å²) in [6.45, 7) is 10.00. The van der Waals surface area contributed by atoms with Crippen molar-refractivity contribution >= 4 is 18.0 Å². The molecule has 2 aliphatic rings. The number of carbonyl (C=O) groups is 2. The first-order chi connectivity index (χ1) is 16.4. The normalized spacial score (nSPS) is 18.3. The van der Waals surface area contributed by atoms with Crippen molar-refractivity contribution in [2.75, 3.05) is 39.2 Å². The van der Waals surface area contributed by atoms with Gasteiger partial charge in [-0.15, -0.1) is 0 Å². The summed E-state index contributed by atoms with van der Waals surface area (Å²) in [5, 5.41) is 8.35. The number of fused-ring (bicyclic) bond motifs is 1. The number of nitrogens with zero attached hydrogens (tertiary/aromatic N) is 3. The molecule has 1 unspecified atom stereocenters. The van der Waals surface area contributed by atoms with Gasteiger partial charge in [0.25, 0.3) is 0 Å². The van der Waals surface area contributed by atoms with Crippen LogP contribution in [0.15, 0.2) is 24.8 Å². The predicted octanol–water partition coefficient (Wildman–Crippen LogP) is 4.28. The topological polar surface area (TPSA) is 85.7 Å². The molecule has 1 atom stereocenters. The highest BCUT2D eigenvalue weighted by Crippen LogP contribution is 2.43. The van der Waals surface area contributed by atoms with Gasteiger partial charge in [0.2, 0.25) is 5.91 Å². The second-order valence-corrected chi connectivity index (χ2v) is 9.27. The molecule has 8 heteroatoms. The minimum absolute atomic E-state index is 0.0122. The molecule has 4 rings (SSSR count). The van der Waals surface area contributed by atoms with Gasteiger partial charge in [-0.3, -0.25) is 9.59 Å². The predicted molar refractivity (Wildman–Crippen MR) is 132 cm³/mol. The third-order valence-corrected chi connectivity index (χ3v) is 7.08. The number of aldehydes is 1. The first kappa shape index (κ1) is 23.9. The highest BCUT2D eigenvalue weighted by Gasteiger charge is 2.35. The van der Waals surface area contributed by atoms with Crippen LogP contribution in [-0.2, 0) is 4.79 Å². The molecule has 34 heavy (non-hydrogen) atoms. The van der Waals surface area contributed by atoms with E-state index in [9.17, 15) is 9.59 Å². The number of carbonyl (C=O) groups excluding carboxylic acids is 2. The van der Waals surface area contributed by atoms with Gasteiger partial charge in [-0.05, 0) is 49.3 Å². The van der Waals surface area contributed by atoms with Crippen molar-refractivity contribution in [3.8, 4) is 22.8 Å². The number of hydrogen-bond acceptors (Lipinski definition) is 6. The fourth-order valence-corrected chi connectivity index (χ4v) is 5.36. The molecule has 2 aromatic rings. The number of nitrogens with one attached hydrogen (secondary N) is 1. The van der Waals surface area contributed by atoms with E-state index >= 15 is 0 Å². The van der Waals surface area contributed by atoms with E-state index in [0.29, 0.717) is 30.3 Å². The number of aromatic nitrogens is 2. The molecular formula is C26H34N4O4. The van der Waals surface area contributed by atoms with E-state index in [2.05, 4.69) is 25.7 Å². The Morgan fingerprint density at radius 1 is 1.18 bits per heavy atom. The maximum Gasteiger partial charge on any atom is 0.245 e. The number of ether oxygens (including phenoxy) is 2. The molecule has 8 nitrogen and oxygen atoms in total. The van der Waals surface area contributed by atoms with Crippen molar-refractivity contribution in [1.82, 2.24) is 14.7 Å². The van der Waals surface area contributed by atoms with Crippen molar-refractivity contribution in [1.29, 1.82) is 0 Å². The summed E-state index contributed by atoms with van der Waals surface area (Å²) in [6.07, 6.45) is 4.99. The maximum atomic E-state index is 12.2. The number of piperidine rings is 1. The average Bonchev–Trinajstić information content (AvgIpc) is 3.26. The van der Waals surface area contributed by atoms with Crippen LogP contribution in [0.3, 0.4) is 0 Å². The minimum atomic E-state index is -0.0122. The second-order valence-electron chi connectivity index (χ2n) is 9.27. The zero-order valence-corrected chi connectivity index (χ0v) is 20.5. The summed E-state index contributed by atoms with van der Waals surface area (Å²) in [5.74, 6) is 2.78. The summed E-state index contributed by atoms with van der Waals surface area (Å²) in [6, 6.07) is 4.05.